The van der Waals surface area contributed by atoms with Gasteiger partial charge in [-0.3, -0.25) is 0 Å². The smallest absolute Gasteiger partial charge is 0.0618 e. The lowest BCUT2D eigenvalue weighted by Gasteiger charge is -2.64. The molecule has 3 N–H and O–H groups in total. The number of fused-ring (bicyclic) bond motifs is 6. The number of hydrogen-bond acceptors (Lipinski definition) is 3. The predicted octanol–water partition coefficient (Wildman–Crippen LogP) is 6.11. The summed E-state index contributed by atoms with van der Waals surface area (Å²) >= 11 is 0. The van der Waals surface area contributed by atoms with Crippen molar-refractivity contribution in [2.24, 2.45) is 50.7 Å². The minimum absolute atomic E-state index is 0.0164. The monoisotopic (exact) mass is 458 g/mol. The number of aliphatic hydroxyl groups excluding tert-OH is 3. The van der Waals surface area contributed by atoms with Gasteiger partial charge >= 0.3 is 0 Å². The molecule has 0 aromatic heterocycles. The van der Waals surface area contributed by atoms with Gasteiger partial charge in [0, 0.05) is 5.41 Å². The second-order valence-corrected chi connectivity index (χ2v) is 14.8. The van der Waals surface area contributed by atoms with E-state index < -0.39 is 0 Å². The van der Waals surface area contributed by atoms with Crippen molar-refractivity contribution in [2.45, 2.75) is 118 Å². The molecule has 0 aromatic rings. The SMILES string of the molecule is CC1(C)[C@@H](O)CC[C@]2(C)[C@H]3CC[C@H]4[C@@](C)(CC[C@H]5[C@]4(C)CC[C@H](O)[C@]5(C)CO)CC3=CC[C@@H]12. The van der Waals surface area contributed by atoms with E-state index in [9.17, 15) is 15.3 Å². The Morgan fingerprint density at radius 3 is 2.12 bits per heavy atom. The second-order valence-electron chi connectivity index (χ2n) is 14.8. The van der Waals surface area contributed by atoms with Crippen LogP contribution in [0, 0.1) is 50.7 Å². The van der Waals surface area contributed by atoms with Crippen LogP contribution in [0.15, 0.2) is 11.6 Å². The Morgan fingerprint density at radius 2 is 1.42 bits per heavy atom. The fourth-order valence-electron chi connectivity index (χ4n) is 11.0. The van der Waals surface area contributed by atoms with Crippen LogP contribution >= 0.6 is 0 Å². The molecule has 0 saturated heterocycles. The average molecular weight is 459 g/mol. The molecule has 0 unspecified atom stereocenters. The van der Waals surface area contributed by atoms with Gasteiger partial charge in [0.1, 0.15) is 0 Å². The Morgan fingerprint density at radius 1 is 0.758 bits per heavy atom. The molecule has 5 aliphatic carbocycles. The quantitative estimate of drug-likeness (QED) is 0.415. The molecule has 0 spiro atoms. The van der Waals surface area contributed by atoms with E-state index in [0.29, 0.717) is 34.5 Å². The number of allylic oxidation sites excluding steroid dienone is 2. The van der Waals surface area contributed by atoms with Crippen molar-refractivity contribution in [1.29, 1.82) is 0 Å². The molecule has 33 heavy (non-hydrogen) atoms. The van der Waals surface area contributed by atoms with E-state index >= 15 is 0 Å². The minimum atomic E-state index is -0.378. The van der Waals surface area contributed by atoms with Crippen molar-refractivity contribution in [2.75, 3.05) is 6.61 Å². The van der Waals surface area contributed by atoms with E-state index in [-0.39, 0.29) is 35.1 Å². The summed E-state index contributed by atoms with van der Waals surface area (Å²) in [5, 5.41) is 32.2. The van der Waals surface area contributed by atoms with Crippen LogP contribution in [-0.4, -0.2) is 34.1 Å². The van der Waals surface area contributed by atoms with Crippen LogP contribution in [0.2, 0.25) is 0 Å². The molecule has 5 rings (SSSR count). The van der Waals surface area contributed by atoms with Crippen LogP contribution in [-0.2, 0) is 0 Å². The molecule has 5 aliphatic rings. The highest BCUT2D eigenvalue weighted by molar-refractivity contribution is 5.25. The summed E-state index contributed by atoms with van der Waals surface area (Å²) in [5.41, 5.74) is 2.15. The molecule has 0 heterocycles. The van der Waals surface area contributed by atoms with Crippen molar-refractivity contribution >= 4 is 0 Å². The Kier molecular flexibility index (Phi) is 5.57. The normalized spacial score (nSPS) is 55.8. The summed E-state index contributed by atoms with van der Waals surface area (Å²) in [6, 6.07) is 0. The molecule has 0 aliphatic heterocycles. The van der Waals surface area contributed by atoms with Gasteiger partial charge < -0.3 is 15.3 Å². The van der Waals surface area contributed by atoms with Crippen molar-refractivity contribution in [3.05, 3.63) is 11.6 Å². The second kappa shape index (κ2) is 7.56. The van der Waals surface area contributed by atoms with Gasteiger partial charge in [-0.1, -0.05) is 53.2 Å². The first-order valence-corrected chi connectivity index (χ1v) is 14.0. The molecule has 4 saturated carbocycles. The zero-order valence-corrected chi connectivity index (χ0v) is 22.2. The zero-order valence-electron chi connectivity index (χ0n) is 22.2. The van der Waals surface area contributed by atoms with Crippen LogP contribution < -0.4 is 0 Å². The van der Waals surface area contributed by atoms with Gasteiger partial charge in [-0.15, -0.1) is 0 Å². The Labute approximate surface area is 202 Å². The highest BCUT2D eigenvalue weighted by Crippen LogP contribution is 2.70. The minimum Gasteiger partial charge on any atom is -0.396 e. The number of aliphatic hydroxyl groups is 3. The summed E-state index contributed by atoms with van der Waals surface area (Å²) < 4.78 is 0. The third kappa shape index (κ3) is 3.17. The van der Waals surface area contributed by atoms with Crippen LogP contribution in [0.1, 0.15) is 106 Å². The lowest BCUT2D eigenvalue weighted by atomic mass is 9.42. The van der Waals surface area contributed by atoms with E-state index in [2.05, 4.69) is 47.6 Å². The summed E-state index contributed by atoms with van der Waals surface area (Å²) in [7, 11) is 0. The molecule has 0 amide bonds. The molecule has 0 aromatic carbocycles. The molecule has 3 heteroatoms. The zero-order chi connectivity index (χ0) is 24.0. The lowest BCUT2D eigenvalue weighted by molar-refractivity contribution is -0.189. The largest absolute Gasteiger partial charge is 0.396 e. The molecule has 4 fully saturated rings. The van der Waals surface area contributed by atoms with E-state index in [1.807, 2.05) is 0 Å². The van der Waals surface area contributed by atoms with Gasteiger partial charge in [0.15, 0.2) is 0 Å². The standard InChI is InChI=1S/C30H50O3/c1-26(2)21-9-7-19-17-27(3)14-11-23-29(5,16-13-25(33)30(23,6)18-31)22(27)10-8-20(19)28(21,4)15-12-24(26)32/h7,20-25,31-33H,8-18H2,1-6H3/t20-,21-,22-,23-,24-,25-,27-,28+,29+,30+/m0/s1. The highest BCUT2D eigenvalue weighted by Gasteiger charge is 2.63. The molecule has 10 atom stereocenters. The Hall–Kier alpha value is -0.380. The van der Waals surface area contributed by atoms with Crippen molar-refractivity contribution in [3.8, 4) is 0 Å². The first-order valence-electron chi connectivity index (χ1n) is 14.0. The first-order chi connectivity index (χ1) is 15.3. The van der Waals surface area contributed by atoms with Gasteiger partial charge in [-0.25, -0.2) is 0 Å². The van der Waals surface area contributed by atoms with Crippen LogP contribution in [0.4, 0.5) is 0 Å². The van der Waals surface area contributed by atoms with Crippen molar-refractivity contribution in [1.82, 2.24) is 0 Å². The molecule has 0 bridgehead atoms. The van der Waals surface area contributed by atoms with E-state index in [4.69, 9.17) is 0 Å². The Balaban J connectivity index is 1.50. The lowest BCUT2D eigenvalue weighted by Crippen LogP contribution is -2.60. The topological polar surface area (TPSA) is 60.7 Å². The molecule has 3 nitrogen and oxygen atoms in total. The predicted molar refractivity (Wildman–Crippen MR) is 134 cm³/mol. The summed E-state index contributed by atoms with van der Waals surface area (Å²) in [6.07, 6.45) is 13.3. The van der Waals surface area contributed by atoms with Crippen molar-refractivity contribution in [3.63, 3.8) is 0 Å². The molecule has 0 radical (unpaired) electrons. The number of rotatable bonds is 1. The fraction of sp³-hybridized carbons (Fsp3) is 0.933. The third-order valence-electron chi connectivity index (χ3n) is 13.0. The van der Waals surface area contributed by atoms with Crippen molar-refractivity contribution < 1.29 is 15.3 Å². The summed E-state index contributed by atoms with van der Waals surface area (Å²) in [4.78, 5) is 0. The van der Waals surface area contributed by atoms with Crippen LogP contribution in [0.3, 0.4) is 0 Å². The van der Waals surface area contributed by atoms with Crippen LogP contribution in [0.25, 0.3) is 0 Å². The fourth-order valence-corrected chi connectivity index (χ4v) is 11.0. The number of hydrogen-bond donors (Lipinski definition) is 3. The highest BCUT2D eigenvalue weighted by atomic mass is 16.3. The Bertz CT molecular complexity index is 817. The van der Waals surface area contributed by atoms with Gasteiger partial charge in [0.25, 0.3) is 0 Å². The van der Waals surface area contributed by atoms with Gasteiger partial charge in [0.2, 0.25) is 0 Å². The molecular weight excluding hydrogens is 408 g/mol. The third-order valence-corrected chi connectivity index (χ3v) is 13.0. The first kappa shape index (κ1) is 24.3. The molecule has 188 valence electrons. The summed E-state index contributed by atoms with van der Waals surface area (Å²) in [5.74, 6) is 2.25. The van der Waals surface area contributed by atoms with E-state index in [1.165, 1.54) is 25.7 Å². The van der Waals surface area contributed by atoms with E-state index in [1.54, 1.807) is 5.57 Å². The molecular formula is C30H50O3. The van der Waals surface area contributed by atoms with Gasteiger partial charge in [0.05, 0.1) is 18.8 Å². The summed E-state index contributed by atoms with van der Waals surface area (Å²) in [6.45, 7) is 14.5. The maximum absolute atomic E-state index is 10.9. The van der Waals surface area contributed by atoms with Gasteiger partial charge in [-0.2, -0.15) is 0 Å². The maximum Gasteiger partial charge on any atom is 0.0618 e. The average Bonchev–Trinajstić information content (AvgIpc) is 2.91. The van der Waals surface area contributed by atoms with E-state index in [0.717, 1.165) is 38.5 Å². The van der Waals surface area contributed by atoms with Crippen LogP contribution in [0.5, 0.6) is 0 Å². The maximum atomic E-state index is 10.9. The van der Waals surface area contributed by atoms with Gasteiger partial charge in [-0.05, 0) is 110 Å².